The van der Waals surface area contributed by atoms with Gasteiger partial charge in [0.1, 0.15) is 11.0 Å². The first-order valence-electron chi connectivity index (χ1n) is 5.13. The number of nitrogens with one attached hydrogen (secondary N) is 2. The predicted octanol–water partition coefficient (Wildman–Crippen LogP) is 1.82. The first-order chi connectivity index (χ1) is 8.69. The quantitative estimate of drug-likeness (QED) is 0.826. The van der Waals surface area contributed by atoms with Crippen molar-refractivity contribution in [3.8, 4) is 0 Å². The van der Waals surface area contributed by atoms with Gasteiger partial charge >= 0.3 is 0 Å². The maximum absolute atomic E-state index is 11.9. The van der Waals surface area contributed by atoms with E-state index >= 15 is 0 Å². The van der Waals surface area contributed by atoms with Crippen LogP contribution in [0.2, 0.25) is 5.15 Å². The van der Waals surface area contributed by atoms with E-state index in [1.165, 1.54) is 12.3 Å². The van der Waals surface area contributed by atoms with Crippen molar-refractivity contribution in [3.05, 3.63) is 41.2 Å². The molecule has 0 saturated carbocycles. The van der Waals surface area contributed by atoms with Gasteiger partial charge < -0.3 is 10.6 Å². The number of halogens is 1. The Balaban J connectivity index is 2.21. The van der Waals surface area contributed by atoms with Crippen molar-refractivity contribution in [2.45, 2.75) is 0 Å². The summed E-state index contributed by atoms with van der Waals surface area (Å²) in [7, 11) is 1.70. The fraction of sp³-hybridized carbons (Fsp3) is 0.0909. The Hall–Kier alpha value is -2.21. The molecule has 2 rings (SSSR count). The first kappa shape index (κ1) is 12.3. The van der Waals surface area contributed by atoms with Crippen LogP contribution in [0.25, 0.3) is 0 Å². The molecule has 0 fully saturated rings. The van der Waals surface area contributed by atoms with E-state index in [-0.39, 0.29) is 11.1 Å². The maximum atomic E-state index is 11.9. The highest BCUT2D eigenvalue weighted by atomic mass is 35.5. The fourth-order valence-electron chi connectivity index (χ4n) is 1.31. The molecular formula is C11H10ClN5O. The molecule has 6 nitrogen and oxygen atoms in total. The van der Waals surface area contributed by atoms with E-state index in [0.29, 0.717) is 17.2 Å². The molecule has 18 heavy (non-hydrogen) atoms. The summed E-state index contributed by atoms with van der Waals surface area (Å²) >= 11 is 5.82. The van der Waals surface area contributed by atoms with Gasteiger partial charge in [0, 0.05) is 18.8 Å². The Morgan fingerprint density at radius 3 is 2.83 bits per heavy atom. The summed E-state index contributed by atoms with van der Waals surface area (Å²) in [5.74, 6) is 0.574. The zero-order valence-electron chi connectivity index (χ0n) is 9.51. The lowest BCUT2D eigenvalue weighted by Crippen LogP contribution is -2.13. The Labute approximate surface area is 108 Å². The number of nitrogens with zero attached hydrogens (tertiary/aromatic N) is 3. The topological polar surface area (TPSA) is 79.8 Å². The third-order valence-corrected chi connectivity index (χ3v) is 2.32. The van der Waals surface area contributed by atoms with Crippen LogP contribution >= 0.6 is 11.6 Å². The molecule has 0 unspecified atom stereocenters. The van der Waals surface area contributed by atoms with Crippen molar-refractivity contribution < 1.29 is 4.79 Å². The molecule has 0 aliphatic rings. The van der Waals surface area contributed by atoms with Crippen LogP contribution < -0.4 is 10.6 Å². The summed E-state index contributed by atoms with van der Waals surface area (Å²) in [4.78, 5) is 15.9. The maximum Gasteiger partial charge on any atom is 0.257 e. The molecule has 0 aliphatic heterocycles. The Bertz CT molecular complexity index is 561. The molecule has 0 spiro atoms. The zero-order chi connectivity index (χ0) is 13.0. The summed E-state index contributed by atoms with van der Waals surface area (Å²) in [6.07, 6.45) is 1.53. The molecule has 7 heteroatoms. The van der Waals surface area contributed by atoms with Gasteiger partial charge in [0.05, 0.1) is 0 Å². The summed E-state index contributed by atoms with van der Waals surface area (Å²) in [6.45, 7) is 0. The lowest BCUT2D eigenvalue weighted by Gasteiger charge is -2.06. The number of rotatable bonds is 3. The number of carbonyl (C=O) groups is 1. The van der Waals surface area contributed by atoms with Gasteiger partial charge in [-0.15, -0.1) is 5.10 Å². The van der Waals surface area contributed by atoms with E-state index in [2.05, 4.69) is 25.8 Å². The number of amides is 1. The van der Waals surface area contributed by atoms with Crippen LogP contribution in [0.1, 0.15) is 10.4 Å². The number of anilines is 2. The summed E-state index contributed by atoms with van der Waals surface area (Å²) in [5, 5.41) is 13.1. The number of hydrogen-bond acceptors (Lipinski definition) is 5. The minimum absolute atomic E-state index is 0.242. The van der Waals surface area contributed by atoms with Gasteiger partial charge in [0.15, 0.2) is 5.82 Å². The molecular weight excluding hydrogens is 254 g/mol. The largest absolute Gasteiger partial charge is 0.373 e. The van der Waals surface area contributed by atoms with Crippen LogP contribution in [0.3, 0.4) is 0 Å². The van der Waals surface area contributed by atoms with Gasteiger partial charge in [-0.2, -0.15) is 5.10 Å². The molecule has 2 aromatic rings. The second-order valence-corrected chi connectivity index (χ2v) is 3.76. The number of pyridine rings is 1. The Morgan fingerprint density at radius 1 is 1.33 bits per heavy atom. The van der Waals surface area contributed by atoms with Crippen LogP contribution in [0, 0.1) is 0 Å². The predicted molar refractivity (Wildman–Crippen MR) is 68.8 cm³/mol. The molecule has 2 N–H and O–H groups in total. The summed E-state index contributed by atoms with van der Waals surface area (Å²) in [6, 6.07) is 6.40. The Kier molecular flexibility index (Phi) is 3.69. The summed E-state index contributed by atoms with van der Waals surface area (Å²) in [5.41, 5.74) is 0.394. The van der Waals surface area contributed by atoms with E-state index in [1.807, 2.05) is 0 Å². The highest BCUT2D eigenvalue weighted by molar-refractivity contribution is 6.30. The molecule has 2 aromatic heterocycles. The molecule has 0 aromatic carbocycles. The van der Waals surface area contributed by atoms with Crippen molar-refractivity contribution in [3.63, 3.8) is 0 Å². The van der Waals surface area contributed by atoms with Crippen LogP contribution in [-0.4, -0.2) is 28.1 Å². The van der Waals surface area contributed by atoms with Crippen LogP contribution in [-0.2, 0) is 0 Å². The minimum Gasteiger partial charge on any atom is -0.373 e. The van der Waals surface area contributed by atoms with Gasteiger partial charge in [0.25, 0.3) is 5.91 Å². The molecule has 0 saturated heterocycles. The lowest BCUT2D eigenvalue weighted by atomic mass is 10.2. The number of aromatic nitrogens is 3. The first-order valence-corrected chi connectivity index (χ1v) is 5.51. The van der Waals surface area contributed by atoms with E-state index in [1.54, 1.807) is 25.2 Å². The minimum atomic E-state index is -0.323. The van der Waals surface area contributed by atoms with Gasteiger partial charge in [-0.25, -0.2) is 4.98 Å². The second kappa shape index (κ2) is 5.42. The van der Waals surface area contributed by atoms with Crippen molar-refractivity contribution >= 4 is 29.1 Å². The third-order valence-electron chi connectivity index (χ3n) is 2.13. The van der Waals surface area contributed by atoms with Gasteiger partial charge in [0.2, 0.25) is 0 Å². The average molecular weight is 264 g/mol. The average Bonchev–Trinajstić information content (AvgIpc) is 2.39. The number of hydrogen-bond donors (Lipinski definition) is 2. The molecule has 1 amide bonds. The van der Waals surface area contributed by atoms with Gasteiger partial charge in [-0.3, -0.25) is 4.79 Å². The number of carbonyl (C=O) groups excluding carboxylic acids is 1. The van der Waals surface area contributed by atoms with Crippen LogP contribution in [0.15, 0.2) is 30.5 Å². The van der Waals surface area contributed by atoms with E-state index in [4.69, 9.17) is 11.6 Å². The highest BCUT2D eigenvalue weighted by Crippen LogP contribution is 2.15. The lowest BCUT2D eigenvalue weighted by molar-refractivity contribution is 0.102. The van der Waals surface area contributed by atoms with Gasteiger partial charge in [-0.05, 0) is 24.3 Å². The van der Waals surface area contributed by atoms with Gasteiger partial charge in [-0.1, -0.05) is 11.6 Å². The monoisotopic (exact) mass is 263 g/mol. The molecule has 0 radical (unpaired) electrons. The normalized spacial score (nSPS) is 9.89. The zero-order valence-corrected chi connectivity index (χ0v) is 10.3. The molecule has 0 aliphatic carbocycles. The molecule has 2 heterocycles. The standard InChI is InChI=1S/C11H10ClN5O/c1-13-10-6-7(5-8(12)15-10)11(18)16-9-3-2-4-14-17-9/h2-6H,1H3,(H,13,15)(H,16,17,18). The molecule has 0 atom stereocenters. The second-order valence-electron chi connectivity index (χ2n) is 3.38. The van der Waals surface area contributed by atoms with Crippen molar-refractivity contribution in [1.82, 2.24) is 15.2 Å². The van der Waals surface area contributed by atoms with Crippen molar-refractivity contribution in [1.29, 1.82) is 0 Å². The van der Waals surface area contributed by atoms with E-state index < -0.39 is 0 Å². The third kappa shape index (κ3) is 2.92. The van der Waals surface area contributed by atoms with Crippen molar-refractivity contribution in [2.24, 2.45) is 0 Å². The van der Waals surface area contributed by atoms with E-state index in [0.717, 1.165) is 0 Å². The molecule has 0 bridgehead atoms. The van der Waals surface area contributed by atoms with Crippen molar-refractivity contribution in [2.75, 3.05) is 17.7 Å². The summed E-state index contributed by atoms with van der Waals surface area (Å²) < 4.78 is 0. The van der Waals surface area contributed by atoms with E-state index in [9.17, 15) is 4.79 Å². The van der Waals surface area contributed by atoms with Crippen LogP contribution in [0.4, 0.5) is 11.6 Å². The smallest absolute Gasteiger partial charge is 0.257 e. The van der Waals surface area contributed by atoms with Crippen LogP contribution in [0.5, 0.6) is 0 Å². The highest BCUT2D eigenvalue weighted by Gasteiger charge is 2.09. The SMILES string of the molecule is CNc1cc(C(=O)Nc2cccnn2)cc(Cl)n1. The Morgan fingerprint density at radius 2 is 2.17 bits per heavy atom. The fourth-order valence-corrected chi connectivity index (χ4v) is 1.52. The molecule has 92 valence electrons.